The first-order valence-corrected chi connectivity index (χ1v) is 7.78. The van der Waals surface area contributed by atoms with Gasteiger partial charge in [-0.15, -0.1) is 6.42 Å². The van der Waals surface area contributed by atoms with Gasteiger partial charge in [-0.3, -0.25) is 5.32 Å². The number of nitrogen functional groups attached to an aromatic ring is 2. The van der Waals surface area contributed by atoms with Crippen molar-refractivity contribution in [3.63, 3.8) is 0 Å². The van der Waals surface area contributed by atoms with Crippen molar-refractivity contribution in [2.75, 3.05) is 23.9 Å². The SMILES string of the molecule is C#Cc1cc(C2N=C(NC#N)Nc3nc(N)c(C#N)c(N)c32)cc(F)c1OC. The molecule has 0 fully saturated rings. The minimum Gasteiger partial charge on any atom is -0.492 e. The van der Waals surface area contributed by atoms with Crippen LogP contribution in [0.3, 0.4) is 0 Å². The van der Waals surface area contributed by atoms with E-state index in [0.29, 0.717) is 11.1 Å². The fraction of sp³-hybridized carbons (Fsp3) is 0.111. The van der Waals surface area contributed by atoms with E-state index in [1.165, 1.54) is 19.2 Å². The van der Waals surface area contributed by atoms with Gasteiger partial charge in [-0.25, -0.2) is 14.4 Å². The van der Waals surface area contributed by atoms with E-state index in [1.807, 2.05) is 6.07 Å². The number of guanidine groups is 1. The Balaban J connectivity index is 2.30. The molecule has 1 aromatic heterocycles. The van der Waals surface area contributed by atoms with Crippen LogP contribution in [-0.4, -0.2) is 18.1 Å². The van der Waals surface area contributed by atoms with Gasteiger partial charge in [-0.2, -0.15) is 10.5 Å². The molecule has 1 aromatic carbocycles. The second-order valence-corrected chi connectivity index (χ2v) is 5.63. The minimum absolute atomic E-state index is 0.0244. The predicted octanol–water partition coefficient (Wildman–Crippen LogP) is 1.19. The summed E-state index contributed by atoms with van der Waals surface area (Å²) in [4.78, 5) is 8.47. The van der Waals surface area contributed by atoms with Crippen LogP contribution in [0.15, 0.2) is 17.1 Å². The van der Waals surface area contributed by atoms with E-state index < -0.39 is 11.9 Å². The second-order valence-electron chi connectivity index (χ2n) is 5.63. The van der Waals surface area contributed by atoms with Crippen LogP contribution in [0.1, 0.15) is 28.3 Å². The summed E-state index contributed by atoms with van der Waals surface area (Å²) < 4.78 is 19.5. The maximum absolute atomic E-state index is 14.5. The van der Waals surface area contributed by atoms with Gasteiger partial charge in [-0.1, -0.05) is 5.92 Å². The van der Waals surface area contributed by atoms with Crippen molar-refractivity contribution < 1.29 is 9.13 Å². The summed E-state index contributed by atoms with van der Waals surface area (Å²) >= 11 is 0. The molecule has 0 bridgehead atoms. The van der Waals surface area contributed by atoms with Crippen molar-refractivity contribution in [3.05, 3.63) is 40.2 Å². The van der Waals surface area contributed by atoms with Crippen LogP contribution >= 0.6 is 0 Å². The third kappa shape index (κ3) is 2.83. The number of aliphatic imine (C=N–C) groups is 1. The van der Waals surface area contributed by atoms with Crippen molar-refractivity contribution in [3.8, 4) is 30.4 Å². The number of halogens is 1. The Kier molecular flexibility index (Phi) is 4.59. The minimum atomic E-state index is -0.903. The molecule has 1 atom stereocenters. The quantitative estimate of drug-likeness (QED) is 0.345. The number of pyridine rings is 1. The molecule has 1 aliphatic rings. The van der Waals surface area contributed by atoms with Gasteiger partial charge in [0.15, 0.2) is 17.8 Å². The van der Waals surface area contributed by atoms with Gasteiger partial charge in [0.2, 0.25) is 5.96 Å². The first-order chi connectivity index (χ1) is 13.4. The molecule has 0 saturated carbocycles. The number of benzene rings is 1. The van der Waals surface area contributed by atoms with Gasteiger partial charge in [0.05, 0.1) is 18.4 Å². The smallest absolute Gasteiger partial charge is 0.211 e. The Labute approximate surface area is 159 Å². The third-order valence-electron chi connectivity index (χ3n) is 4.10. The number of rotatable bonds is 2. The van der Waals surface area contributed by atoms with E-state index in [0.717, 1.165) is 0 Å². The molecule has 28 heavy (non-hydrogen) atoms. The number of nitrogens with one attached hydrogen (secondary N) is 2. The molecule has 6 N–H and O–H groups in total. The number of anilines is 3. The van der Waals surface area contributed by atoms with E-state index in [1.54, 1.807) is 6.19 Å². The average Bonchev–Trinajstić information content (AvgIpc) is 2.67. The Morgan fingerprint density at radius 1 is 1.36 bits per heavy atom. The van der Waals surface area contributed by atoms with E-state index >= 15 is 0 Å². The maximum atomic E-state index is 14.5. The predicted molar refractivity (Wildman–Crippen MR) is 100 cm³/mol. The summed E-state index contributed by atoms with van der Waals surface area (Å²) in [5.41, 5.74) is 12.7. The first-order valence-electron chi connectivity index (χ1n) is 7.78. The highest BCUT2D eigenvalue weighted by molar-refractivity contribution is 5.98. The normalized spacial score (nSPS) is 14.4. The van der Waals surface area contributed by atoms with E-state index in [9.17, 15) is 9.65 Å². The highest BCUT2D eigenvalue weighted by Crippen LogP contribution is 2.41. The first kappa shape index (κ1) is 18.3. The molecule has 138 valence electrons. The van der Waals surface area contributed by atoms with Crippen LogP contribution in [0.5, 0.6) is 5.75 Å². The topological polar surface area (TPSA) is 158 Å². The maximum Gasteiger partial charge on any atom is 0.211 e. The summed E-state index contributed by atoms with van der Waals surface area (Å²) in [6, 6.07) is 3.69. The molecular formula is C18H13FN8O. The standard InChI is InChI=1S/C18H13FN8O/c1-3-8-4-9(5-11(19)15(8)28-2)14-12-13(22)10(6-20)16(23)26-17(12)27-18(25-14)24-7-21/h1,4-5,14H,2H3,(H6,22,23,24,25,26,27). The number of aromatic nitrogens is 1. The van der Waals surface area contributed by atoms with E-state index in [-0.39, 0.29) is 40.2 Å². The summed E-state index contributed by atoms with van der Waals surface area (Å²) in [6.07, 6.45) is 7.19. The van der Waals surface area contributed by atoms with Crippen molar-refractivity contribution in [2.45, 2.75) is 6.04 Å². The molecular weight excluding hydrogens is 363 g/mol. The lowest BCUT2D eigenvalue weighted by atomic mass is 9.93. The number of hydrogen-bond acceptors (Lipinski definition) is 9. The number of hydrogen-bond donors (Lipinski definition) is 4. The number of fused-ring (bicyclic) bond motifs is 1. The number of ether oxygens (including phenoxy) is 1. The third-order valence-corrected chi connectivity index (χ3v) is 4.10. The zero-order valence-corrected chi connectivity index (χ0v) is 14.5. The Hall–Kier alpha value is -4.49. The lowest BCUT2D eigenvalue weighted by Gasteiger charge is -2.26. The summed E-state index contributed by atoms with van der Waals surface area (Å²) in [5.74, 6) is 1.73. The summed E-state index contributed by atoms with van der Waals surface area (Å²) in [7, 11) is 1.30. The highest BCUT2D eigenvalue weighted by atomic mass is 19.1. The van der Waals surface area contributed by atoms with E-state index in [4.69, 9.17) is 27.9 Å². The highest BCUT2D eigenvalue weighted by Gasteiger charge is 2.30. The van der Waals surface area contributed by atoms with Crippen molar-refractivity contribution >= 4 is 23.3 Å². The molecule has 2 heterocycles. The van der Waals surface area contributed by atoms with Crippen LogP contribution in [0, 0.1) is 40.9 Å². The number of terminal acetylenes is 1. The van der Waals surface area contributed by atoms with Crippen molar-refractivity contribution in [1.29, 1.82) is 10.5 Å². The number of nitrogens with two attached hydrogens (primary N) is 2. The molecule has 10 heteroatoms. The van der Waals surface area contributed by atoms with Gasteiger partial charge in [0.25, 0.3) is 0 Å². The van der Waals surface area contributed by atoms with Crippen LogP contribution in [0.25, 0.3) is 0 Å². The summed E-state index contributed by atoms with van der Waals surface area (Å²) in [6.45, 7) is 0. The number of methoxy groups -OCH3 is 1. The Morgan fingerprint density at radius 2 is 2.11 bits per heavy atom. The molecule has 0 saturated heterocycles. The molecule has 1 unspecified atom stereocenters. The largest absolute Gasteiger partial charge is 0.492 e. The van der Waals surface area contributed by atoms with Gasteiger partial charge in [-0.05, 0) is 17.7 Å². The monoisotopic (exact) mass is 376 g/mol. The molecule has 3 rings (SSSR count). The molecule has 0 amide bonds. The van der Waals surface area contributed by atoms with Crippen molar-refractivity contribution in [2.24, 2.45) is 4.99 Å². The Morgan fingerprint density at radius 3 is 2.71 bits per heavy atom. The number of nitriles is 2. The van der Waals surface area contributed by atoms with Gasteiger partial charge in [0.1, 0.15) is 29.3 Å². The van der Waals surface area contributed by atoms with Gasteiger partial charge >= 0.3 is 0 Å². The zero-order valence-electron chi connectivity index (χ0n) is 14.5. The second kappa shape index (κ2) is 7.02. The zero-order chi connectivity index (χ0) is 20.4. The summed E-state index contributed by atoms with van der Waals surface area (Å²) in [5, 5.41) is 23.4. The lowest BCUT2D eigenvalue weighted by molar-refractivity contribution is 0.385. The molecule has 9 nitrogen and oxygen atoms in total. The van der Waals surface area contributed by atoms with Gasteiger partial charge < -0.3 is 21.5 Å². The van der Waals surface area contributed by atoms with E-state index in [2.05, 4.69) is 26.5 Å². The fourth-order valence-electron chi connectivity index (χ4n) is 2.91. The molecule has 1 aliphatic heterocycles. The lowest BCUT2D eigenvalue weighted by Crippen LogP contribution is -2.32. The van der Waals surface area contributed by atoms with Crippen LogP contribution in [0.4, 0.5) is 21.7 Å². The van der Waals surface area contributed by atoms with Crippen LogP contribution in [-0.2, 0) is 0 Å². The Bertz CT molecular complexity index is 1140. The van der Waals surface area contributed by atoms with Crippen LogP contribution < -0.4 is 26.8 Å². The number of nitrogens with zero attached hydrogens (tertiary/aromatic N) is 4. The fourth-order valence-corrected chi connectivity index (χ4v) is 2.91. The van der Waals surface area contributed by atoms with Crippen molar-refractivity contribution in [1.82, 2.24) is 10.3 Å². The molecule has 0 aliphatic carbocycles. The van der Waals surface area contributed by atoms with Gasteiger partial charge in [0, 0.05) is 5.56 Å². The van der Waals surface area contributed by atoms with Crippen LogP contribution in [0.2, 0.25) is 0 Å². The molecule has 2 aromatic rings. The average molecular weight is 376 g/mol. The molecule has 0 radical (unpaired) electrons. The molecule has 0 spiro atoms.